The summed E-state index contributed by atoms with van der Waals surface area (Å²) in [4.78, 5) is 0. The molecule has 0 saturated heterocycles. The Bertz CT molecular complexity index is 37.8. The first-order valence-corrected chi connectivity index (χ1v) is 2.14. The molecule has 0 aromatic rings. The van der Waals surface area contributed by atoms with E-state index in [0.717, 1.165) is 0 Å². The fourth-order valence-electron chi connectivity index (χ4n) is 0. The molecule has 0 fully saturated rings. The molecule has 0 aliphatic carbocycles. The zero-order valence-electron chi connectivity index (χ0n) is 5.12. The van der Waals surface area contributed by atoms with Crippen molar-refractivity contribution >= 4 is 0 Å². The predicted molar refractivity (Wildman–Crippen MR) is 25.0 cm³/mol. The molecule has 0 atom stereocenters. The molecule has 0 aliphatic heterocycles. The molecule has 0 rings (SSSR count). The van der Waals surface area contributed by atoms with Gasteiger partial charge in [-0.05, 0) is 5.41 Å². The molecule has 2 heteroatoms. The van der Waals surface area contributed by atoms with Crippen LogP contribution in [0.5, 0.6) is 0 Å². The molecule has 0 unspecified atom stereocenters. The Morgan fingerprint density at radius 3 is 1.43 bits per heavy atom. The van der Waals surface area contributed by atoms with Gasteiger partial charge in [0.2, 0.25) is 0 Å². The molecule has 0 aromatic heterocycles. The summed E-state index contributed by atoms with van der Waals surface area (Å²) in [6.07, 6.45) is 0. The zero-order valence-corrected chi connectivity index (χ0v) is 7.57. The molecule has 1 radical (unpaired) electrons. The third-order valence-corrected chi connectivity index (χ3v) is 0.433. The second kappa shape index (κ2) is 3.80. The minimum atomic E-state index is -0.0139. The van der Waals surface area contributed by atoms with Gasteiger partial charge in [0.05, 0.1) is 6.61 Å². The maximum absolute atomic E-state index is 9.95. The van der Waals surface area contributed by atoms with Gasteiger partial charge in [0.25, 0.3) is 0 Å². The van der Waals surface area contributed by atoms with Crippen LogP contribution in [0, 0.1) is 5.41 Å². The SMILES string of the molecule is CC(C)(C)C[O].[Zr]. The van der Waals surface area contributed by atoms with Crippen LogP contribution >= 0.6 is 0 Å². The average molecular weight is 178 g/mol. The van der Waals surface area contributed by atoms with Gasteiger partial charge in [0.1, 0.15) is 0 Å². The molecule has 0 heterocycles. The van der Waals surface area contributed by atoms with Crippen LogP contribution in [-0.4, -0.2) is 6.61 Å². The van der Waals surface area contributed by atoms with Gasteiger partial charge >= 0.3 is 0 Å². The van der Waals surface area contributed by atoms with E-state index >= 15 is 0 Å². The summed E-state index contributed by atoms with van der Waals surface area (Å²) in [6.45, 7) is 5.81. The maximum Gasteiger partial charge on any atom is 0.0870 e. The molecular formula is C5H11OZr. The van der Waals surface area contributed by atoms with Crippen molar-refractivity contribution in [1.82, 2.24) is 0 Å². The normalized spacial score (nSPS) is 10.3. The van der Waals surface area contributed by atoms with Crippen LogP contribution < -0.4 is 0 Å². The third-order valence-electron chi connectivity index (χ3n) is 0.433. The Kier molecular flexibility index (Phi) is 5.84. The van der Waals surface area contributed by atoms with Crippen molar-refractivity contribution in [2.24, 2.45) is 5.41 Å². The molecule has 0 aliphatic rings. The molecule has 0 aromatic carbocycles. The van der Waals surface area contributed by atoms with Crippen LogP contribution in [-0.2, 0) is 31.3 Å². The summed E-state index contributed by atoms with van der Waals surface area (Å²) in [7, 11) is 0. The van der Waals surface area contributed by atoms with E-state index in [4.69, 9.17) is 0 Å². The minimum absolute atomic E-state index is 0. The van der Waals surface area contributed by atoms with E-state index in [9.17, 15) is 5.11 Å². The monoisotopic (exact) mass is 177 g/mol. The Morgan fingerprint density at radius 2 is 1.43 bits per heavy atom. The van der Waals surface area contributed by atoms with E-state index in [2.05, 4.69) is 0 Å². The van der Waals surface area contributed by atoms with Gasteiger partial charge in [-0.2, -0.15) is 0 Å². The van der Waals surface area contributed by atoms with Crippen LogP contribution in [0.2, 0.25) is 0 Å². The van der Waals surface area contributed by atoms with Gasteiger partial charge in [0, 0.05) is 26.2 Å². The molecule has 0 amide bonds. The molecule has 0 bridgehead atoms. The summed E-state index contributed by atoms with van der Waals surface area (Å²) in [5, 5.41) is 9.95. The summed E-state index contributed by atoms with van der Waals surface area (Å²) in [5.74, 6) is 0. The van der Waals surface area contributed by atoms with Crippen LogP contribution in [0.25, 0.3) is 0 Å². The second-order valence-electron chi connectivity index (χ2n) is 2.70. The standard InChI is InChI=1S/C5H11O.Zr/c1-5(2,3)4-6;/h4H2,1-3H3;. The van der Waals surface area contributed by atoms with E-state index in [1.165, 1.54) is 0 Å². The predicted octanol–water partition coefficient (Wildman–Crippen LogP) is 1.46. The van der Waals surface area contributed by atoms with E-state index in [0.29, 0.717) is 0 Å². The summed E-state index contributed by atoms with van der Waals surface area (Å²) < 4.78 is 0. The van der Waals surface area contributed by atoms with Crippen molar-refractivity contribution in [3.05, 3.63) is 0 Å². The van der Waals surface area contributed by atoms with Gasteiger partial charge in [0.15, 0.2) is 0 Å². The van der Waals surface area contributed by atoms with Gasteiger partial charge in [-0.3, -0.25) is 0 Å². The van der Waals surface area contributed by atoms with Gasteiger partial charge in [-0.1, -0.05) is 20.8 Å². The molecule has 7 heavy (non-hydrogen) atoms. The summed E-state index contributed by atoms with van der Waals surface area (Å²) in [6, 6.07) is 0. The quantitative estimate of drug-likeness (QED) is 0.535. The molecule has 0 N–H and O–H groups in total. The summed E-state index contributed by atoms with van der Waals surface area (Å²) in [5.41, 5.74) is -0.0139. The van der Waals surface area contributed by atoms with Crippen LogP contribution in [0.4, 0.5) is 0 Å². The Labute approximate surface area is 64.2 Å². The van der Waals surface area contributed by atoms with Crippen molar-refractivity contribution in [1.29, 1.82) is 0 Å². The molecule has 41 valence electrons. The van der Waals surface area contributed by atoms with E-state index in [-0.39, 0.29) is 38.2 Å². The van der Waals surface area contributed by atoms with Crippen LogP contribution in [0.15, 0.2) is 0 Å². The van der Waals surface area contributed by atoms with E-state index in [1.807, 2.05) is 20.8 Å². The fourth-order valence-corrected chi connectivity index (χ4v) is 0. The Morgan fingerprint density at radius 1 is 1.29 bits per heavy atom. The minimum Gasteiger partial charge on any atom is -0.236 e. The number of hydrogen-bond donors (Lipinski definition) is 0. The topological polar surface area (TPSA) is 19.9 Å². The molecule has 0 spiro atoms. The smallest absolute Gasteiger partial charge is 0.0870 e. The van der Waals surface area contributed by atoms with Gasteiger partial charge in [-0.25, -0.2) is 5.11 Å². The summed E-state index contributed by atoms with van der Waals surface area (Å²) >= 11 is 0. The number of hydrogen-bond acceptors (Lipinski definition) is 0. The molecular weight excluding hydrogens is 167 g/mol. The number of rotatable bonds is 0. The molecule has 0 saturated carbocycles. The van der Waals surface area contributed by atoms with Crippen LogP contribution in [0.1, 0.15) is 20.8 Å². The zero-order chi connectivity index (χ0) is 5.21. The van der Waals surface area contributed by atoms with E-state index < -0.39 is 0 Å². The van der Waals surface area contributed by atoms with Crippen molar-refractivity contribution in [3.8, 4) is 0 Å². The Hall–Kier alpha value is 0.843. The fraction of sp³-hybridized carbons (Fsp3) is 1.00. The Balaban J connectivity index is 0. The van der Waals surface area contributed by atoms with Crippen molar-refractivity contribution in [3.63, 3.8) is 0 Å². The van der Waals surface area contributed by atoms with E-state index in [1.54, 1.807) is 0 Å². The van der Waals surface area contributed by atoms with Crippen LogP contribution in [0.3, 0.4) is 0 Å². The first-order valence-electron chi connectivity index (χ1n) is 2.14. The van der Waals surface area contributed by atoms with Crippen molar-refractivity contribution in [2.75, 3.05) is 6.61 Å². The first kappa shape index (κ1) is 10.8. The van der Waals surface area contributed by atoms with Crippen molar-refractivity contribution in [2.45, 2.75) is 20.8 Å². The largest absolute Gasteiger partial charge is 0.236 e. The van der Waals surface area contributed by atoms with Gasteiger partial charge < -0.3 is 0 Å². The second-order valence-corrected chi connectivity index (χ2v) is 2.70. The third kappa shape index (κ3) is 10.9. The van der Waals surface area contributed by atoms with Gasteiger partial charge in [-0.15, -0.1) is 0 Å². The maximum atomic E-state index is 9.95. The van der Waals surface area contributed by atoms with Crippen molar-refractivity contribution < 1.29 is 31.3 Å². The average Bonchev–Trinajstić information content (AvgIpc) is 1.35. The first-order chi connectivity index (χ1) is 2.56. The molecule has 1 nitrogen and oxygen atoms in total.